The Balaban J connectivity index is 2.18. The number of hydrogen-bond donors (Lipinski definition) is 0. The van der Waals surface area contributed by atoms with Gasteiger partial charge >= 0.3 is 0 Å². The van der Waals surface area contributed by atoms with Crippen molar-refractivity contribution in [2.45, 2.75) is 0 Å². The van der Waals surface area contributed by atoms with Gasteiger partial charge in [-0.05, 0) is 24.3 Å². The first-order valence-corrected chi connectivity index (χ1v) is 7.50. The highest BCUT2D eigenvalue weighted by Crippen LogP contribution is 2.39. The third-order valence-electron chi connectivity index (χ3n) is 3.72. The lowest BCUT2D eigenvalue weighted by Gasteiger charge is -2.09. The lowest BCUT2D eigenvalue weighted by atomic mass is 10.0. The number of anilines is 1. The monoisotopic (exact) mass is 351 g/mol. The van der Waals surface area contributed by atoms with Crippen molar-refractivity contribution in [2.75, 3.05) is 19.1 Å². The number of hydrogen-bond acceptors (Lipinski definition) is 2. The first-order chi connectivity index (χ1) is 10.9. The highest BCUT2D eigenvalue weighted by molar-refractivity contribution is 6.37. The third-order valence-corrected chi connectivity index (χ3v) is 4.24. The van der Waals surface area contributed by atoms with E-state index in [0.29, 0.717) is 21.9 Å². The number of ether oxygens (including phenoxy) is 1. The van der Waals surface area contributed by atoms with Crippen molar-refractivity contribution in [1.29, 1.82) is 0 Å². The van der Waals surface area contributed by atoms with E-state index in [4.69, 9.17) is 27.9 Å². The molecule has 0 fully saturated rings. The minimum atomic E-state index is -0.576. The van der Waals surface area contributed by atoms with Crippen molar-refractivity contribution in [3.8, 4) is 5.75 Å². The molecule has 0 aromatic heterocycles. The maximum absolute atomic E-state index is 13.6. The molecule has 0 atom stereocenters. The van der Waals surface area contributed by atoms with Gasteiger partial charge in [-0.2, -0.15) is 0 Å². The van der Waals surface area contributed by atoms with E-state index < -0.39 is 5.82 Å². The SMILES string of the molecule is COc1cc(F)c(Cl)cc1/C=C1/C(=O)N(C)c2cc(Cl)ccc21. The molecule has 23 heavy (non-hydrogen) atoms. The normalized spacial score (nSPS) is 15.3. The van der Waals surface area contributed by atoms with Gasteiger partial charge in [-0.1, -0.05) is 29.3 Å². The molecule has 1 heterocycles. The Bertz CT molecular complexity index is 849. The molecule has 6 heteroatoms. The Morgan fingerprint density at radius 2 is 1.96 bits per heavy atom. The number of amides is 1. The highest BCUT2D eigenvalue weighted by atomic mass is 35.5. The fourth-order valence-electron chi connectivity index (χ4n) is 2.54. The average Bonchev–Trinajstić information content (AvgIpc) is 2.75. The van der Waals surface area contributed by atoms with Crippen LogP contribution in [0, 0.1) is 5.82 Å². The first kappa shape index (κ1) is 15.8. The summed E-state index contributed by atoms with van der Waals surface area (Å²) in [7, 11) is 3.11. The van der Waals surface area contributed by atoms with Gasteiger partial charge in [0, 0.05) is 34.8 Å². The molecule has 0 saturated carbocycles. The lowest BCUT2D eigenvalue weighted by molar-refractivity contribution is -0.112. The van der Waals surface area contributed by atoms with Crippen molar-refractivity contribution in [3.63, 3.8) is 0 Å². The van der Waals surface area contributed by atoms with Crippen LogP contribution in [0.3, 0.4) is 0 Å². The van der Waals surface area contributed by atoms with Gasteiger partial charge < -0.3 is 9.64 Å². The Kier molecular flexibility index (Phi) is 4.04. The van der Waals surface area contributed by atoms with E-state index in [-0.39, 0.29) is 10.9 Å². The topological polar surface area (TPSA) is 29.5 Å². The summed E-state index contributed by atoms with van der Waals surface area (Å²) in [6.07, 6.45) is 1.64. The van der Waals surface area contributed by atoms with Gasteiger partial charge in [-0.15, -0.1) is 0 Å². The van der Waals surface area contributed by atoms with E-state index in [9.17, 15) is 9.18 Å². The molecular formula is C17H12Cl2FNO2. The van der Waals surface area contributed by atoms with Crippen LogP contribution in [-0.2, 0) is 4.79 Å². The average molecular weight is 352 g/mol. The largest absolute Gasteiger partial charge is 0.496 e. The number of halogens is 3. The molecule has 1 aliphatic rings. The molecule has 2 aromatic rings. The van der Waals surface area contributed by atoms with Gasteiger partial charge in [0.2, 0.25) is 0 Å². The Morgan fingerprint density at radius 3 is 2.65 bits per heavy atom. The molecule has 0 bridgehead atoms. The molecule has 2 aromatic carbocycles. The Labute approximate surface area is 142 Å². The molecule has 3 nitrogen and oxygen atoms in total. The fourth-order valence-corrected chi connectivity index (χ4v) is 2.88. The molecule has 0 N–H and O–H groups in total. The molecule has 118 valence electrons. The molecule has 1 amide bonds. The van der Waals surface area contributed by atoms with Crippen LogP contribution < -0.4 is 9.64 Å². The molecule has 0 unspecified atom stereocenters. The van der Waals surface area contributed by atoms with Crippen LogP contribution in [0.15, 0.2) is 30.3 Å². The van der Waals surface area contributed by atoms with Gasteiger partial charge in [0.1, 0.15) is 11.6 Å². The molecule has 0 radical (unpaired) electrons. The third kappa shape index (κ3) is 2.69. The number of nitrogens with zero attached hydrogens (tertiary/aromatic N) is 1. The van der Waals surface area contributed by atoms with Crippen LogP contribution in [0.2, 0.25) is 10.0 Å². The zero-order valence-electron chi connectivity index (χ0n) is 12.4. The van der Waals surface area contributed by atoms with E-state index in [1.54, 1.807) is 31.3 Å². The first-order valence-electron chi connectivity index (χ1n) is 6.75. The van der Waals surface area contributed by atoms with Crippen LogP contribution in [0.5, 0.6) is 5.75 Å². The summed E-state index contributed by atoms with van der Waals surface area (Å²) in [5.41, 5.74) is 2.48. The number of rotatable bonds is 2. The second kappa shape index (κ2) is 5.87. The summed E-state index contributed by atoms with van der Waals surface area (Å²) in [5, 5.41) is 0.514. The fraction of sp³-hybridized carbons (Fsp3) is 0.118. The maximum atomic E-state index is 13.6. The molecule has 0 saturated heterocycles. The standard InChI is InChI=1S/C17H12Cl2FNO2/c1-21-15-7-10(18)3-4-11(15)12(17(21)22)5-9-6-13(19)14(20)8-16(9)23-2/h3-8H,1-2H3/b12-5+. The van der Waals surface area contributed by atoms with Gasteiger partial charge in [0.15, 0.2) is 0 Å². The summed E-state index contributed by atoms with van der Waals surface area (Å²) in [5.74, 6) is -0.449. The number of fused-ring (bicyclic) bond motifs is 1. The quantitative estimate of drug-likeness (QED) is 0.736. The van der Waals surface area contributed by atoms with Crippen molar-refractivity contribution in [2.24, 2.45) is 0 Å². The zero-order chi connectivity index (χ0) is 16.7. The number of carbonyl (C=O) groups is 1. The lowest BCUT2D eigenvalue weighted by Crippen LogP contribution is -2.20. The van der Waals surface area contributed by atoms with Crippen LogP contribution in [0.1, 0.15) is 11.1 Å². The number of likely N-dealkylation sites (N-methyl/N-ethyl adjacent to an activating group) is 1. The summed E-state index contributed by atoms with van der Waals surface area (Å²) in [6, 6.07) is 7.85. The summed E-state index contributed by atoms with van der Waals surface area (Å²) < 4.78 is 18.7. The smallest absolute Gasteiger partial charge is 0.258 e. The zero-order valence-corrected chi connectivity index (χ0v) is 13.9. The molecular weight excluding hydrogens is 340 g/mol. The summed E-state index contributed by atoms with van der Waals surface area (Å²) in [6.45, 7) is 0. The van der Waals surface area contributed by atoms with Crippen LogP contribution in [-0.4, -0.2) is 20.1 Å². The van der Waals surface area contributed by atoms with Gasteiger partial charge in [0.25, 0.3) is 5.91 Å². The van der Waals surface area contributed by atoms with E-state index in [2.05, 4.69) is 0 Å². The van der Waals surface area contributed by atoms with Crippen LogP contribution in [0.4, 0.5) is 10.1 Å². The van der Waals surface area contributed by atoms with Gasteiger partial charge in [-0.3, -0.25) is 4.79 Å². The van der Waals surface area contributed by atoms with E-state index in [1.165, 1.54) is 24.1 Å². The van der Waals surface area contributed by atoms with Crippen LogP contribution >= 0.6 is 23.2 Å². The van der Waals surface area contributed by atoms with Crippen molar-refractivity contribution in [1.82, 2.24) is 0 Å². The highest BCUT2D eigenvalue weighted by Gasteiger charge is 2.30. The Hall–Kier alpha value is -2.04. The molecule has 0 aliphatic carbocycles. The second-order valence-corrected chi connectivity index (χ2v) is 5.94. The molecule has 0 spiro atoms. The second-order valence-electron chi connectivity index (χ2n) is 5.09. The van der Waals surface area contributed by atoms with Crippen molar-refractivity contribution in [3.05, 3.63) is 57.3 Å². The van der Waals surface area contributed by atoms with E-state index in [1.807, 2.05) is 0 Å². The van der Waals surface area contributed by atoms with E-state index >= 15 is 0 Å². The van der Waals surface area contributed by atoms with E-state index in [0.717, 1.165) is 11.3 Å². The van der Waals surface area contributed by atoms with Crippen LogP contribution in [0.25, 0.3) is 11.6 Å². The number of carbonyl (C=O) groups excluding carboxylic acids is 1. The molecule has 3 rings (SSSR count). The summed E-state index contributed by atoms with van der Waals surface area (Å²) >= 11 is 11.8. The minimum Gasteiger partial charge on any atom is -0.496 e. The Morgan fingerprint density at radius 1 is 1.22 bits per heavy atom. The van der Waals surface area contributed by atoms with Crippen molar-refractivity contribution >= 4 is 46.4 Å². The maximum Gasteiger partial charge on any atom is 0.258 e. The summed E-state index contributed by atoms with van der Waals surface area (Å²) in [4.78, 5) is 14.0. The predicted octanol–water partition coefficient (Wildman–Crippen LogP) is 4.66. The molecule has 1 aliphatic heterocycles. The van der Waals surface area contributed by atoms with Gasteiger partial charge in [0.05, 0.1) is 17.8 Å². The van der Waals surface area contributed by atoms with Crippen molar-refractivity contribution < 1.29 is 13.9 Å². The predicted molar refractivity (Wildman–Crippen MR) is 90.7 cm³/mol. The number of methoxy groups -OCH3 is 1. The minimum absolute atomic E-state index is 0.0345. The van der Waals surface area contributed by atoms with Gasteiger partial charge in [-0.25, -0.2) is 4.39 Å². The number of benzene rings is 2.